The SMILES string of the molecule is O=CC1CN(C(CC2CCC2)C(=O)O)CC1c1cccc(F)c1. The summed E-state index contributed by atoms with van der Waals surface area (Å²) in [7, 11) is 0. The normalized spacial score (nSPS) is 26.7. The van der Waals surface area contributed by atoms with Gasteiger partial charge in [-0.3, -0.25) is 9.69 Å². The number of hydrogen-bond acceptors (Lipinski definition) is 3. The molecule has 5 heteroatoms. The number of benzene rings is 1. The fourth-order valence-electron chi connectivity index (χ4n) is 3.79. The van der Waals surface area contributed by atoms with Gasteiger partial charge in [0.1, 0.15) is 18.1 Å². The molecular weight excluding hydrogens is 297 g/mol. The van der Waals surface area contributed by atoms with Gasteiger partial charge in [-0.1, -0.05) is 31.4 Å². The van der Waals surface area contributed by atoms with E-state index in [0.29, 0.717) is 25.4 Å². The van der Waals surface area contributed by atoms with Gasteiger partial charge in [-0.05, 0) is 30.0 Å². The van der Waals surface area contributed by atoms with E-state index in [1.54, 1.807) is 6.07 Å². The van der Waals surface area contributed by atoms with Gasteiger partial charge in [-0.15, -0.1) is 0 Å². The number of aldehydes is 1. The maximum absolute atomic E-state index is 13.5. The van der Waals surface area contributed by atoms with Crippen molar-refractivity contribution in [3.05, 3.63) is 35.6 Å². The molecule has 0 amide bonds. The first-order valence-corrected chi connectivity index (χ1v) is 8.26. The molecule has 0 radical (unpaired) electrons. The number of carbonyl (C=O) groups excluding carboxylic acids is 1. The highest BCUT2D eigenvalue weighted by Crippen LogP contribution is 2.37. The van der Waals surface area contributed by atoms with Crippen LogP contribution in [-0.4, -0.2) is 41.4 Å². The van der Waals surface area contributed by atoms with E-state index in [9.17, 15) is 19.1 Å². The number of hydrogen-bond donors (Lipinski definition) is 1. The van der Waals surface area contributed by atoms with Gasteiger partial charge in [-0.2, -0.15) is 0 Å². The summed E-state index contributed by atoms with van der Waals surface area (Å²) in [5, 5.41) is 9.57. The second kappa shape index (κ2) is 6.79. The Morgan fingerprint density at radius 2 is 2.17 bits per heavy atom. The van der Waals surface area contributed by atoms with Crippen LogP contribution in [0.25, 0.3) is 0 Å². The number of rotatable bonds is 6. The molecule has 0 spiro atoms. The standard InChI is InChI=1S/C18H22FNO3/c19-15-6-2-5-13(8-15)16-10-20(9-14(16)11-21)17(18(22)23)7-12-3-1-4-12/h2,5-6,8,11-12,14,16-17H,1,3-4,7,9-10H2,(H,22,23). The Kier molecular flexibility index (Phi) is 4.76. The second-order valence-corrected chi connectivity index (χ2v) is 6.80. The predicted octanol–water partition coefficient (Wildman–Crippen LogP) is 2.68. The molecule has 1 aliphatic heterocycles. The van der Waals surface area contributed by atoms with Crippen molar-refractivity contribution < 1.29 is 19.1 Å². The summed E-state index contributed by atoms with van der Waals surface area (Å²) >= 11 is 0. The average molecular weight is 319 g/mol. The lowest BCUT2D eigenvalue weighted by Gasteiger charge is -2.32. The van der Waals surface area contributed by atoms with Gasteiger partial charge in [0, 0.05) is 24.9 Å². The molecule has 4 nitrogen and oxygen atoms in total. The minimum Gasteiger partial charge on any atom is -0.480 e. The van der Waals surface area contributed by atoms with Crippen LogP contribution in [0.3, 0.4) is 0 Å². The van der Waals surface area contributed by atoms with E-state index in [4.69, 9.17) is 0 Å². The summed E-state index contributed by atoms with van der Waals surface area (Å²) in [6.07, 6.45) is 4.92. The lowest BCUT2D eigenvalue weighted by Crippen LogP contribution is -2.42. The average Bonchev–Trinajstić information content (AvgIpc) is 2.89. The van der Waals surface area contributed by atoms with Gasteiger partial charge in [0.05, 0.1) is 0 Å². The minimum atomic E-state index is -0.818. The monoisotopic (exact) mass is 319 g/mol. The lowest BCUT2D eigenvalue weighted by atomic mass is 9.80. The van der Waals surface area contributed by atoms with Crippen LogP contribution in [0, 0.1) is 17.7 Å². The van der Waals surface area contributed by atoms with E-state index < -0.39 is 12.0 Å². The number of likely N-dealkylation sites (tertiary alicyclic amines) is 1. The first kappa shape index (κ1) is 16.1. The molecule has 1 heterocycles. The Morgan fingerprint density at radius 3 is 2.74 bits per heavy atom. The van der Waals surface area contributed by atoms with Crippen molar-refractivity contribution in [2.45, 2.75) is 37.6 Å². The zero-order valence-electron chi connectivity index (χ0n) is 13.0. The zero-order valence-corrected chi connectivity index (χ0v) is 13.0. The third-order valence-corrected chi connectivity index (χ3v) is 5.35. The molecule has 1 saturated heterocycles. The molecule has 0 bridgehead atoms. The first-order chi connectivity index (χ1) is 11.1. The second-order valence-electron chi connectivity index (χ2n) is 6.80. The van der Waals surface area contributed by atoms with E-state index in [1.165, 1.54) is 18.6 Å². The third kappa shape index (κ3) is 3.44. The molecule has 1 aromatic rings. The fourth-order valence-corrected chi connectivity index (χ4v) is 3.79. The highest BCUT2D eigenvalue weighted by atomic mass is 19.1. The van der Waals surface area contributed by atoms with Crippen molar-refractivity contribution in [3.8, 4) is 0 Å². The van der Waals surface area contributed by atoms with Gasteiger partial charge >= 0.3 is 5.97 Å². The molecule has 1 N–H and O–H groups in total. The van der Waals surface area contributed by atoms with Crippen LogP contribution in [0.15, 0.2) is 24.3 Å². The van der Waals surface area contributed by atoms with E-state index in [-0.39, 0.29) is 17.7 Å². The van der Waals surface area contributed by atoms with Crippen LogP contribution in [0.1, 0.15) is 37.2 Å². The summed E-state index contributed by atoms with van der Waals surface area (Å²) in [5.41, 5.74) is 0.775. The first-order valence-electron chi connectivity index (χ1n) is 8.26. The molecule has 23 heavy (non-hydrogen) atoms. The van der Waals surface area contributed by atoms with Gasteiger partial charge in [0.25, 0.3) is 0 Å². The Morgan fingerprint density at radius 1 is 1.39 bits per heavy atom. The summed E-state index contributed by atoms with van der Waals surface area (Å²) in [5.74, 6) is -1.07. The van der Waals surface area contributed by atoms with Crippen molar-refractivity contribution in [2.24, 2.45) is 11.8 Å². The number of nitrogens with zero attached hydrogens (tertiary/aromatic N) is 1. The molecule has 1 saturated carbocycles. The molecule has 3 atom stereocenters. The smallest absolute Gasteiger partial charge is 0.320 e. The van der Waals surface area contributed by atoms with E-state index in [2.05, 4.69) is 0 Å². The number of carboxylic acids is 1. The molecule has 2 fully saturated rings. The maximum atomic E-state index is 13.5. The van der Waals surface area contributed by atoms with Crippen LogP contribution in [-0.2, 0) is 9.59 Å². The molecular formula is C18H22FNO3. The predicted molar refractivity (Wildman–Crippen MR) is 83.6 cm³/mol. The highest BCUT2D eigenvalue weighted by Gasteiger charge is 2.40. The Labute approximate surface area is 135 Å². The topological polar surface area (TPSA) is 57.6 Å². The van der Waals surface area contributed by atoms with Crippen LogP contribution >= 0.6 is 0 Å². The van der Waals surface area contributed by atoms with Crippen molar-refractivity contribution in [2.75, 3.05) is 13.1 Å². The van der Waals surface area contributed by atoms with Crippen LogP contribution in [0.2, 0.25) is 0 Å². The largest absolute Gasteiger partial charge is 0.480 e. The van der Waals surface area contributed by atoms with Gasteiger partial charge in [0.15, 0.2) is 0 Å². The van der Waals surface area contributed by atoms with Crippen molar-refractivity contribution in [1.29, 1.82) is 0 Å². The van der Waals surface area contributed by atoms with E-state index in [0.717, 1.165) is 24.7 Å². The molecule has 3 rings (SSSR count). The van der Waals surface area contributed by atoms with E-state index in [1.807, 2.05) is 11.0 Å². The molecule has 1 aliphatic carbocycles. The number of halogens is 1. The zero-order chi connectivity index (χ0) is 16.4. The van der Waals surface area contributed by atoms with E-state index >= 15 is 0 Å². The highest BCUT2D eigenvalue weighted by molar-refractivity contribution is 5.74. The molecule has 2 aliphatic rings. The summed E-state index contributed by atoms with van der Waals surface area (Å²) in [4.78, 5) is 25.0. The molecule has 0 aromatic heterocycles. The van der Waals surface area contributed by atoms with Crippen LogP contribution < -0.4 is 0 Å². The maximum Gasteiger partial charge on any atom is 0.320 e. The van der Waals surface area contributed by atoms with Crippen molar-refractivity contribution in [1.82, 2.24) is 4.90 Å². The lowest BCUT2D eigenvalue weighted by molar-refractivity contribution is -0.144. The Balaban J connectivity index is 1.76. The van der Waals surface area contributed by atoms with Crippen molar-refractivity contribution in [3.63, 3.8) is 0 Å². The van der Waals surface area contributed by atoms with Crippen LogP contribution in [0.4, 0.5) is 4.39 Å². The molecule has 1 aromatic carbocycles. The van der Waals surface area contributed by atoms with Crippen molar-refractivity contribution >= 4 is 12.3 Å². The Hall–Kier alpha value is -1.75. The number of carboxylic acid groups (broad SMARTS) is 1. The number of carbonyl (C=O) groups is 2. The van der Waals surface area contributed by atoms with Gasteiger partial charge in [-0.25, -0.2) is 4.39 Å². The summed E-state index contributed by atoms with van der Waals surface area (Å²) in [6.45, 7) is 0.935. The van der Waals surface area contributed by atoms with Gasteiger partial charge in [0.2, 0.25) is 0 Å². The van der Waals surface area contributed by atoms with Crippen LogP contribution in [0.5, 0.6) is 0 Å². The van der Waals surface area contributed by atoms with Gasteiger partial charge < -0.3 is 9.90 Å². The minimum absolute atomic E-state index is 0.133. The molecule has 3 unspecified atom stereocenters. The fraction of sp³-hybridized carbons (Fsp3) is 0.556. The summed E-state index contributed by atoms with van der Waals surface area (Å²) < 4.78 is 13.5. The quantitative estimate of drug-likeness (QED) is 0.819. The Bertz CT molecular complexity index is 587. The summed E-state index contributed by atoms with van der Waals surface area (Å²) in [6, 6.07) is 5.74. The molecule has 124 valence electrons. The number of aliphatic carboxylic acids is 1. The third-order valence-electron chi connectivity index (χ3n) is 5.35.